The molecule has 51 heavy (non-hydrogen) atoms. The maximum absolute atomic E-state index is 4.93. The van der Waals surface area contributed by atoms with Crippen molar-refractivity contribution < 1.29 is 48.0 Å². The number of hydrogen-bond acceptors (Lipinski definition) is 2. The molecule has 0 radical (unpaired) electrons. The number of nitrogens with zero attached hydrogens (tertiary/aromatic N) is 2. The van der Waals surface area contributed by atoms with Gasteiger partial charge in [-0.05, 0) is 0 Å². The fourth-order valence-electron chi connectivity index (χ4n) is 7.44. The van der Waals surface area contributed by atoms with Gasteiger partial charge in [-0.15, -0.1) is 0 Å². The molecule has 0 fully saturated rings. The van der Waals surface area contributed by atoms with Crippen LogP contribution in [0.2, 0.25) is 0 Å². The van der Waals surface area contributed by atoms with Crippen molar-refractivity contribution in [1.82, 2.24) is 9.97 Å². The van der Waals surface area contributed by atoms with Crippen LogP contribution < -0.4 is 24.8 Å². The van der Waals surface area contributed by atoms with E-state index >= 15 is 0 Å². The molecule has 0 bridgehead atoms. The number of rotatable bonds is 8. The molecule has 0 saturated heterocycles. The number of hydrogen-bond donors (Lipinski definition) is 0. The summed E-state index contributed by atoms with van der Waals surface area (Å²) < 4.78 is 0.695. The number of halogens is 2. The average Bonchev–Trinajstić information content (AvgIpc) is 3.71. The van der Waals surface area contributed by atoms with Gasteiger partial charge in [0.2, 0.25) is 0 Å². The van der Waals surface area contributed by atoms with Crippen molar-refractivity contribution in [3.63, 3.8) is 0 Å². The average molecular weight is 783 g/mol. The van der Waals surface area contributed by atoms with E-state index in [4.69, 9.17) is 9.97 Å². The molecule has 6 aromatic rings. The van der Waals surface area contributed by atoms with Gasteiger partial charge >= 0.3 is 304 Å². The Kier molecular flexibility index (Phi) is 11.4. The molecular formula is C46H40Cl2N2Zr. The summed E-state index contributed by atoms with van der Waals surface area (Å²) in [4.78, 5) is 9.86. The zero-order valence-corrected chi connectivity index (χ0v) is 33.3. The van der Waals surface area contributed by atoms with Crippen LogP contribution in [0.3, 0.4) is 0 Å². The van der Waals surface area contributed by atoms with E-state index in [0.717, 1.165) is 11.4 Å². The van der Waals surface area contributed by atoms with Crippen LogP contribution in [0.25, 0.3) is 45.6 Å². The zero-order valence-electron chi connectivity index (χ0n) is 29.3. The first-order valence-corrected chi connectivity index (χ1v) is 20.3. The summed E-state index contributed by atoms with van der Waals surface area (Å²) in [5, 5.41) is 0. The molecule has 252 valence electrons. The number of aromatic nitrogens is 2. The number of pyridine rings is 2. The second kappa shape index (κ2) is 15.8. The predicted molar refractivity (Wildman–Crippen MR) is 202 cm³/mol. The first-order chi connectivity index (χ1) is 24.0. The molecule has 2 unspecified atom stereocenters. The summed E-state index contributed by atoms with van der Waals surface area (Å²) in [6.45, 7) is 9.03. The summed E-state index contributed by atoms with van der Waals surface area (Å²) in [7, 11) is 0. The molecule has 2 heterocycles. The summed E-state index contributed by atoms with van der Waals surface area (Å²) >= 11 is -1.28. The van der Waals surface area contributed by atoms with Crippen molar-refractivity contribution in [1.29, 1.82) is 0 Å². The Bertz CT molecular complexity index is 2030. The van der Waals surface area contributed by atoms with E-state index in [9.17, 15) is 0 Å². The van der Waals surface area contributed by atoms with Gasteiger partial charge < -0.3 is 24.8 Å². The van der Waals surface area contributed by atoms with Gasteiger partial charge in [0, 0.05) is 0 Å². The molecule has 2 aromatic heterocycles. The number of fused-ring (bicyclic) bond motifs is 2. The van der Waals surface area contributed by atoms with E-state index < -0.39 is 23.2 Å². The van der Waals surface area contributed by atoms with E-state index in [1.165, 1.54) is 66.8 Å². The third kappa shape index (κ3) is 7.14. The molecule has 0 spiro atoms. The minimum absolute atomic E-state index is 0. The van der Waals surface area contributed by atoms with Crippen LogP contribution in [0.4, 0.5) is 0 Å². The van der Waals surface area contributed by atoms with Gasteiger partial charge in [0.25, 0.3) is 0 Å². The largest absolute Gasteiger partial charge is 1.00 e. The Morgan fingerprint density at radius 2 is 0.882 bits per heavy atom. The van der Waals surface area contributed by atoms with E-state index in [2.05, 4.69) is 149 Å². The molecule has 0 aliphatic heterocycles. The fourth-order valence-corrected chi connectivity index (χ4v) is 12.4. The summed E-state index contributed by atoms with van der Waals surface area (Å²) in [6.07, 6.45) is 8.80. The SMILES string of the molecule is CC(C)c1ccc(-c2cccc3c2C=C(c2ccccn2)[CH]3[Zr+2][CH]2C(c3ccccn3)=Cc3c(-c4ccc(C(C)C)cc4)cccc32)cc1.[Cl-].[Cl-]. The second-order valence-electron chi connectivity index (χ2n) is 13.8. The minimum atomic E-state index is -1.28. The normalized spacial score (nSPS) is 15.6. The third-order valence-corrected chi connectivity index (χ3v) is 14.9. The molecule has 0 saturated carbocycles. The first-order valence-electron chi connectivity index (χ1n) is 17.4. The van der Waals surface area contributed by atoms with Crippen LogP contribution in [0.5, 0.6) is 0 Å². The van der Waals surface area contributed by atoms with Crippen molar-refractivity contribution >= 4 is 23.3 Å². The quantitative estimate of drug-likeness (QED) is 0.189. The van der Waals surface area contributed by atoms with E-state index in [-0.39, 0.29) is 24.8 Å². The summed E-state index contributed by atoms with van der Waals surface area (Å²) in [5.74, 6) is 1.02. The molecule has 5 heteroatoms. The molecule has 2 aliphatic rings. The maximum Gasteiger partial charge on any atom is -1.00 e. The van der Waals surface area contributed by atoms with Gasteiger partial charge in [-0.1, -0.05) is 0 Å². The molecule has 2 aliphatic carbocycles. The molecule has 0 N–H and O–H groups in total. The Morgan fingerprint density at radius 3 is 1.24 bits per heavy atom. The Labute approximate surface area is 326 Å². The Morgan fingerprint density at radius 1 is 0.471 bits per heavy atom. The van der Waals surface area contributed by atoms with Crippen LogP contribution >= 0.6 is 0 Å². The monoisotopic (exact) mass is 780 g/mol. The third-order valence-electron chi connectivity index (χ3n) is 10.2. The molecule has 2 atom stereocenters. The standard InChI is InChI=1S/2C23H20N.2ClH.Zr/c2*1-16(2)17-9-11-18(12-10-17)21-7-5-6-19-14-20(15-22(19)21)23-8-3-4-13-24-23;;;/h2*3-16H,1-2H3;2*1H;/q;;;;+2/p-2. The van der Waals surface area contributed by atoms with Crippen LogP contribution in [0.15, 0.2) is 134 Å². The predicted octanol–water partition coefficient (Wildman–Crippen LogP) is 6.04. The first kappa shape index (κ1) is 36.9. The van der Waals surface area contributed by atoms with Crippen molar-refractivity contribution in [2.24, 2.45) is 0 Å². The van der Waals surface area contributed by atoms with Crippen LogP contribution in [0, 0.1) is 0 Å². The van der Waals surface area contributed by atoms with E-state index in [1.807, 2.05) is 24.5 Å². The van der Waals surface area contributed by atoms with Crippen LogP contribution in [-0.4, -0.2) is 9.97 Å². The van der Waals surface area contributed by atoms with E-state index in [0.29, 0.717) is 19.1 Å². The molecular weight excluding hydrogens is 743 g/mol. The van der Waals surface area contributed by atoms with Gasteiger partial charge in [0.05, 0.1) is 0 Å². The second-order valence-corrected chi connectivity index (χ2v) is 17.5. The minimum Gasteiger partial charge on any atom is -1.00 e. The summed E-state index contributed by atoms with van der Waals surface area (Å²) in [6, 6.07) is 44.9. The van der Waals surface area contributed by atoms with Crippen LogP contribution in [0.1, 0.15) is 91.6 Å². The fraction of sp³-hybridized carbons (Fsp3) is 0.174. The Balaban J connectivity index is 0.00000224. The van der Waals surface area contributed by atoms with Gasteiger partial charge in [0.1, 0.15) is 0 Å². The van der Waals surface area contributed by atoms with Crippen molar-refractivity contribution in [3.05, 3.63) is 178 Å². The van der Waals surface area contributed by atoms with Crippen molar-refractivity contribution in [2.75, 3.05) is 0 Å². The zero-order chi connectivity index (χ0) is 33.5. The maximum atomic E-state index is 4.93. The van der Waals surface area contributed by atoms with Crippen molar-refractivity contribution in [2.45, 2.75) is 46.8 Å². The number of allylic oxidation sites excluding steroid dienone is 2. The van der Waals surface area contributed by atoms with Gasteiger partial charge in [-0.3, -0.25) is 0 Å². The van der Waals surface area contributed by atoms with E-state index in [1.54, 1.807) is 0 Å². The molecule has 8 rings (SSSR count). The topological polar surface area (TPSA) is 25.8 Å². The van der Waals surface area contributed by atoms with Gasteiger partial charge in [-0.25, -0.2) is 0 Å². The summed E-state index contributed by atoms with van der Waals surface area (Å²) in [5.41, 5.74) is 18.4. The molecule has 2 nitrogen and oxygen atoms in total. The van der Waals surface area contributed by atoms with Gasteiger partial charge in [-0.2, -0.15) is 0 Å². The Hall–Kier alpha value is -3.88. The smallest absolute Gasteiger partial charge is 1.00 e. The molecule has 4 aromatic carbocycles. The molecule has 0 amide bonds. The number of benzene rings is 4. The van der Waals surface area contributed by atoms with Crippen molar-refractivity contribution in [3.8, 4) is 22.3 Å². The van der Waals surface area contributed by atoms with Crippen LogP contribution in [-0.2, 0) is 23.2 Å². The van der Waals surface area contributed by atoms with Gasteiger partial charge in [0.15, 0.2) is 0 Å².